The molecule has 1 rings (SSSR count). The van der Waals surface area contributed by atoms with Crippen molar-refractivity contribution < 1.29 is 5.11 Å². The van der Waals surface area contributed by atoms with Crippen molar-refractivity contribution in [1.29, 1.82) is 0 Å². The smallest absolute Gasteiger partial charge is 0.122 e. The molecule has 1 aromatic rings. The molecule has 0 fully saturated rings. The van der Waals surface area contributed by atoms with E-state index in [9.17, 15) is 5.11 Å². The van der Waals surface area contributed by atoms with E-state index in [1.54, 1.807) is 0 Å². The minimum Gasteiger partial charge on any atom is -0.507 e. The highest BCUT2D eigenvalue weighted by Gasteiger charge is 2.11. The predicted molar refractivity (Wildman–Crippen MR) is 70.2 cm³/mol. The van der Waals surface area contributed by atoms with Crippen LogP contribution in [0.4, 0.5) is 0 Å². The number of hydrogen-bond acceptors (Lipinski definition) is 1. The first-order chi connectivity index (χ1) is 7.60. The van der Waals surface area contributed by atoms with Crippen LogP contribution in [0.5, 0.6) is 5.75 Å². The summed E-state index contributed by atoms with van der Waals surface area (Å²) in [7, 11) is 0. The third-order valence-electron chi connectivity index (χ3n) is 2.96. The van der Waals surface area contributed by atoms with Crippen LogP contribution in [0.15, 0.2) is 12.1 Å². The molecule has 0 bridgehead atoms. The third kappa shape index (κ3) is 3.01. The van der Waals surface area contributed by atoms with E-state index in [1.807, 2.05) is 0 Å². The quantitative estimate of drug-likeness (QED) is 0.778. The second kappa shape index (κ2) is 5.93. The lowest BCUT2D eigenvalue weighted by Gasteiger charge is -2.15. The number of hydrogen-bond donors (Lipinski definition) is 1. The number of phenols is 1. The van der Waals surface area contributed by atoms with Crippen molar-refractivity contribution >= 4 is 0 Å². The Morgan fingerprint density at radius 1 is 1.06 bits per heavy atom. The van der Waals surface area contributed by atoms with Crippen molar-refractivity contribution in [2.45, 2.75) is 59.3 Å². The van der Waals surface area contributed by atoms with E-state index in [1.165, 1.54) is 5.56 Å². The van der Waals surface area contributed by atoms with E-state index in [2.05, 4.69) is 39.8 Å². The summed E-state index contributed by atoms with van der Waals surface area (Å²) >= 11 is 0. The van der Waals surface area contributed by atoms with Crippen molar-refractivity contribution in [2.75, 3.05) is 0 Å². The zero-order valence-electron chi connectivity index (χ0n) is 11.0. The Bertz CT molecular complexity index is 340. The second-order valence-corrected chi connectivity index (χ2v) is 4.85. The molecule has 0 saturated carbocycles. The van der Waals surface area contributed by atoms with Gasteiger partial charge in [0.25, 0.3) is 0 Å². The molecule has 0 aliphatic rings. The van der Waals surface area contributed by atoms with Gasteiger partial charge in [-0.05, 0) is 35.4 Å². The first kappa shape index (κ1) is 13.1. The molecule has 1 heteroatoms. The molecule has 1 N–H and O–H groups in total. The van der Waals surface area contributed by atoms with E-state index in [-0.39, 0.29) is 0 Å². The molecule has 0 atom stereocenters. The van der Waals surface area contributed by atoms with Crippen molar-refractivity contribution in [1.82, 2.24) is 0 Å². The van der Waals surface area contributed by atoms with Gasteiger partial charge < -0.3 is 5.11 Å². The van der Waals surface area contributed by atoms with Gasteiger partial charge in [0.2, 0.25) is 0 Å². The van der Waals surface area contributed by atoms with Gasteiger partial charge in [-0.15, -0.1) is 0 Å². The highest BCUT2D eigenvalue weighted by Crippen LogP contribution is 2.31. The van der Waals surface area contributed by atoms with Gasteiger partial charge in [0.15, 0.2) is 0 Å². The van der Waals surface area contributed by atoms with Crippen molar-refractivity contribution in [2.24, 2.45) is 0 Å². The fraction of sp³-hybridized carbons (Fsp3) is 0.600. The van der Waals surface area contributed by atoms with Gasteiger partial charge in [-0.1, -0.05) is 52.7 Å². The Labute approximate surface area is 99.5 Å². The zero-order chi connectivity index (χ0) is 12.1. The number of rotatable bonds is 5. The molecule has 0 radical (unpaired) electrons. The lowest BCUT2D eigenvalue weighted by molar-refractivity contribution is 0.456. The van der Waals surface area contributed by atoms with Crippen LogP contribution in [0, 0.1) is 0 Å². The number of aryl methyl sites for hydroxylation is 2. The average Bonchev–Trinajstić information content (AvgIpc) is 2.23. The van der Waals surface area contributed by atoms with E-state index in [0.717, 1.165) is 36.8 Å². The molecule has 0 aliphatic carbocycles. The summed E-state index contributed by atoms with van der Waals surface area (Å²) in [5, 5.41) is 10.2. The summed E-state index contributed by atoms with van der Waals surface area (Å²) in [5.74, 6) is 0.920. The first-order valence-electron chi connectivity index (χ1n) is 6.44. The van der Waals surface area contributed by atoms with Gasteiger partial charge in [-0.2, -0.15) is 0 Å². The van der Waals surface area contributed by atoms with Gasteiger partial charge in [0.05, 0.1) is 0 Å². The maximum Gasteiger partial charge on any atom is 0.122 e. The second-order valence-electron chi connectivity index (χ2n) is 4.85. The van der Waals surface area contributed by atoms with Crippen LogP contribution < -0.4 is 0 Å². The van der Waals surface area contributed by atoms with Crippen LogP contribution in [0.3, 0.4) is 0 Å². The summed E-state index contributed by atoms with van der Waals surface area (Å²) < 4.78 is 0. The molecule has 0 heterocycles. The highest BCUT2D eigenvalue weighted by molar-refractivity contribution is 5.45. The topological polar surface area (TPSA) is 20.2 Å². The number of benzene rings is 1. The predicted octanol–water partition coefficient (Wildman–Crippen LogP) is 4.42. The minimum atomic E-state index is 0.396. The molecule has 0 amide bonds. The molecule has 0 saturated heterocycles. The lowest BCUT2D eigenvalue weighted by atomic mass is 9.93. The van der Waals surface area contributed by atoms with Crippen molar-refractivity contribution in [3.8, 4) is 5.75 Å². The van der Waals surface area contributed by atoms with Crippen LogP contribution in [0.25, 0.3) is 0 Å². The summed E-state index contributed by atoms with van der Waals surface area (Å²) in [6, 6.07) is 4.34. The molecule has 0 spiro atoms. The zero-order valence-corrected chi connectivity index (χ0v) is 11.0. The summed E-state index contributed by atoms with van der Waals surface area (Å²) in [6.45, 7) is 8.63. The Hall–Kier alpha value is -0.980. The number of phenolic OH excluding ortho intramolecular Hbond substituents is 1. The van der Waals surface area contributed by atoms with Gasteiger partial charge in [0.1, 0.15) is 5.75 Å². The Morgan fingerprint density at radius 2 is 1.69 bits per heavy atom. The largest absolute Gasteiger partial charge is 0.507 e. The van der Waals surface area contributed by atoms with E-state index < -0.39 is 0 Å². The molecule has 1 nitrogen and oxygen atoms in total. The molecule has 0 aliphatic heterocycles. The first-order valence-corrected chi connectivity index (χ1v) is 6.44. The molecule has 16 heavy (non-hydrogen) atoms. The maximum absolute atomic E-state index is 10.2. The Kier molecular flexibility index (Phi) is 4.85. The monoisotopic (exact) mass is 220 g/mol. The van der Waals surface area contributed by atoms with Crippen LogP contribution in [0.2, 0.25) is 0 Å². The Balaban J connectivity index is 3.16. The average molecular weight is 220 g/mol. The van der Waals surface area contributed by atoms with E-state index in [0.29, 0.717) is 11.7 Å². The van der Waals surface area contributed by atoms with Crippen molar-refractivity contribution in [3.05, 3.63) is 28.8 Å². The third-order valence-corrected chi connectivity index (χ3v) is 2.96. The summed E-state index contributed by atoms with van der Waals surface area (Å²) in [4.78, 5) is 0. The van der Waals surface area contributed by atoms with Crippen LogP contribution in [-0.2, 0) is 12.8 Å². The highest BCUT2D eigenvalue weighted by atomic mass is 16.3. The minimum absolute atomic E-state index is 0.396. The SMILES string of the molecule is CCCc1cc(CCC)c(O)c(C(C)C)c1. The number of aromatic hydroxyl groups is 1. The van der Waals surface area contributed by atoms with Gasteiger partial charge >= 0.3 is 0 Å². The fourth-order valence-electron chi connectivity index (χ4n) is 2.12. The lowest BCUT2D eigenvalue weighted by Crippen LogP contribution is -1.97. The maximum atomic E-state index is 10.2. The van der Waals surface area contributed by atoms with E-state index in [4.69, 9.17) is 0 Å². The molecule has 1 aromatic carbocycles. The van der Waals surface area contributed by atoms with Crippen LogP contribution in [0.1, 0.15) is 63.1 Å². The van der Waals surface area contributed by atoms with Gasteiger partial charge in [-0.3, -0.25) is 0 Å². The summed E-state index contributed by atoms with van der Waals surface area (Å²) in [6.07, 6.45) is 4.33. The normalized spacial score (nSPS) is 11.1. The van der Waals surface area contributed by atoms with Crippen LogP contribution >= 0.6 is 0 Å². The van der Waals surface area contributed by atoms with E-state index >= 15 is 0 Å². The fourth-order valence-corrected chi connectivity index (χ4v) is 2.12. The van der Waals surface area contributed by atoms with Crippen molar-refractivity contribution in [3.63, 3.8) is 0 Å². The molecular formula is C15H24O. The molecule has 0 aromatic heterocycles. The molecule has 0 unspecified atom stereocenters. The van der Waals surface area contributed by atoms with Crippen LogP contribution in [-0.4, -0.2) is 5.11 Å². The summed E-state index contributed by atoms with van der Waals surface area (Å²) in [5.41, 5.74) is 3.60. The standard InChI is InChI=1S/C15H24O/c1-5-7-12-9-13(8-6-2)15(16)14(10-12)11(3)4/h9-11,16H,5-8H2,1-4H3. The molecule has 90 valence electrons. The molecular weight excluding hydrogens is 196 g/mol. The van der Waals surface area contributed by atoms with Gasteiger partial charge in [-0.25, -0.2) is 0 Å². The van der Waals surface area contributed by atoms with Gasteiger partial charge in [0, 0.05) is 0 Å². The Morgan fingerprint density at radius 3 is 2.19 bits per heavy atom.